The molecule has 7 nitrogen and oxygen atoms in total. The summed E-state index contributed by atoms with van der Waals surface area (Å²) in [6, 6.07) is 10.2. The normalized spacial score (nSPS) is 23.4. The second-order valence-corrected chi connectivity index (χ2v) is 9.55. The summed E-state index contributed by atoms with van der Waals surface area (Å²) < 4.78 is 5.63. The predicted molar refractivity (Wildman–Crippen MR) is 121 cm³/mol. The third kappa shape index (κ3) is 3.71. The minimum Gasteiger partial charge on any atom is -0.363 e. The monoisotopic (exact) mass is 435 g/mol. The number of amides is 2. The van der Waals surface area contributed by atoms with E-state index in [1.807, 2.05) is 51.1 Å². The maximum Gasteiger partial charge on any atom is 0.270 e. The van der Waals surface area contributed by atoms with Crippen molar-refractivity contribution in [3.8, 4) is 0 Å². The molecule has 1 aromatic heterocycles. The van der Waals surface area contributed by atoms with Crippen molar-refractivity contribution in [1.29, 1.82) is 0 Å². The van der Waals surface area contributed by atoms with Crippen LogP contribution in [-0.4, -0.2) is 58.3 Å². The number of fused-ring (bicyclic) bond motifs is 1. The molecule has 2 unspecified atom stereocenters. The molecule has 7 heteroatoms. The first-order chi connectivity index (χ1) is 15.2. The number of para-hydroxylation sites is 1. The van der Waals surface area contributed by atoms with Gasteiger partial charge in [0.25, 0.3) is 5.91 Å². The van der Waals surface area contributed by atoms with Gasteiger partial charge in [0, 0.05) is 11.9 Å². The smallest absolute Gasteiger partial charge is 0.270 e. The maximum atomic E-state index is 13.7. The number of pyridine rings is 1. The van der Waals surface area contributed by atoms with Crippen molar-refractivity contribution in [1.82, 2.24) is 15.2 Å². The number of nitrogens with one attached hydrogen (secondary N) is 1. The molecule has 1 aliphatic heterocycles. The second kappa shape index (κ2) is 8.13. The summed E-state index contributed by atoms with van der Waals surface area (Å²) >= 11 is 0. The molecule has 1 aromatic carbocycles. The van der Waals surface area contributed by atoms with E-state index in [9.17, 15) is 14.4 Å². The van der Waals surface area contributed by atoms with Crippen LogP contribution in [0.25, 0.3) is 10.9 Å². The number of rotatable bonds is 6. The molecule has 1 N–H and O–H groups in total. The Morgan fingerprint density at radius 2 is 2.06 bits per heavy atom. The van der Waals surface area contributed by atoms with Gasteiger partial charge in [-0.1, -0.05) is 51.1 Å². The number of hydrogen-bond acceptors (Lipinski definition) is 5. The van der Waals surface area contributed by atoms with Crippen LogP contribution < -0.4 is 5.32 Å². The van der Waals surface area contributed by atoms with Gasteiger partial charge in [-0.05, 0) is 30.4 Å². The van der Waals surface area contributed by atoms with Gasteiger partial charge in [-0.3, -0.25) is 14.4 Å². The Bertz CT molecular complexity index is 1090. The number of ketones is 1. The van der Waals surface area contributed by atoms with E-state index in [-0.39, 0.29) is 24.0 Å². The molecule has 0 radical (unpaired) electrons. The zero-order valence-electron chi connectivity index (χ0n) is 18.8. The van der Waals surface area contributed by atoms with Crippen molar-refractivity contribution >= 4 is 28.5 Å². The summed E-state index contributed by atoms with van der Waals surface area (Å²) in [5.41, 5.74) is -0.516. The van der Waals surface area contributed by atoms with Crippen molar-refractivity contribution in [3.05, 3.63) is 54.7 Å². The molecule has 168 valence electrons. The predicted octanol–water partition coefficient (Wildman–Crippen LogP) is 2.89. The minimum absolute atomic E-state index is 0.0691. The topological polar surface area (TPSA) is 88.6 Å². The molecule has 2 amide bonds. The first-order valence-corrected chi connectivity index (χ1v) is 10.9. The Kier molecular flexibility index (Phi) is 5.63. The lowest BCUT2D eigenvalue weighted by Crippen LogP contribution is -2.57. The molecule has 2 fully saturated rings. The van der Waals surface area contributed by atoms with Gasteiger partial charge in [-0.2, -0.15) is 0 Å². The van der Waals surface area contributed by atoms with Crippen LogP contribution in [0.4, 0.5) is 0 Å². The molecule has 0 bridgehead atoms. The van der Waals surface area contributed by atoms with Crippen LogP contribution in [0.2, 0.25) is 0 Å². The SMILES string of the molecule is C=CCOC1C(=O)[C@]12CCCN2C(=O)C(NC(=O)c1ccc2ccccc2n1)C(C)(C)C. The minimum atomic E-state index is -0.907. The lowest BCUT2D eigenvalue weighted by molar-refractivity contribution is -0.139. The van der Waals surface area contributed by atoms with Crippen LogP contribution in [0.5, 0.6) is 0 Å². The number of Topliss-reactive ketones (excluding diaryl/α,β-unsaturated/α-hetero) is 1. The fourth-order valence-corrected chi connectivity index (χ4v) is 4.56. The van der Waals surface area contributed by atoms with E-state index in [4.69, 9.17) is 4.74 Å². The lowest BCUT2D eigenvalue weighted by Gasteiger charge is -2.35. The summed E-state index contributed by atoms with van der Waals surface area (Å²) in [5.74, 6) is -0.749. The summed E-state index contributed by atoms with van der Waals surface area (Å²) in [6.45, 7) is 10.0. The number of hydrogen-bond donors (Lipinski definition) is 1. The van der Waals surface area contributed by atoms with E-state index in [2.05, 4.69) is 16.9 Å². The first kappa shape index (κ1) is 22.1. The first-order valence-electron chi connectivity index (χ1n) is 10.9. The van der Waals surface area contributed by atoms with E-state index in [1.54, 1.807) is 17.0 Å². The number of aromatic nitrogens is 1. The summed E-state index contributed by atoms with van der Waals surface area (Å²) in [6.07, 6.45) is 2.28. The number of ether oxygens (including phenoxy) is 1. The molecule has 32 heavy (non-hydrogen) atoms. The average molecular weight is 436 g/mol. The van der Waals surface area contributed by atoms with Gasteiger partial charge in [0.15, 0.2) is 5.78 Å². The van der Waals surface area contributed by atoms with Crippen LogP contribution in [0, 0.1) is 5.41 Å². The van der Waals surface area contributed by atoms with Crippen LogP contribution in [0.15, 0.2) is 49.1 Å². The highest BCUT2D eigenvalue weighted by atomic mass is 16.5. The molecule has 1 saturated heterocycles. The van der Waals surface area contributed by atoms with Gasteiger partial charge in [0.2, 0.25) is 5.91 Å². The van der Waals surface area contributed by atoms with Gasteiger partial charge in [0.1, 0.15) is 23.4 Å². The third-order valence-electron chi connectivity index (χ3n) is 6.30. The Labute approximate surface area is 187 Å². The second-order valence-electron chi connectivity index (χ2n) is 9.55. The highest BCUT2D eigenvalue weighted by molar-refractivity contribution is 6.14. The van der Waals surface area contributed by atoms with Crippen LogP contribution in [0.1, 0.15) is 44.1 Å². The zero-order chi connectivity index (χ0) is 23.1. The maximum absolute atomic E-state index is 13.7. The number of nitrogens with zero attached hydrogens (tertiary/aromatic N) is 2. The highest BCUT2D eigenvalue weighted by Crippen LogP contribution is 2.49. The van der Waals surface area contributed by atoms with Gasteiger partial charge in [-0.25, -0.2) is 4.98 Å². The van der Waals surface area contributed by atoms with E-state index in [1.165, 1.54) is 0 Å². The molecule has 4 rings (SSSR count). The molecule has 1 spiro atoms. The van der Waals surface area contributed by atoms with Crippen molar-refractivity contribution < 1.29 is 19.1 Å². The fraction of sp³-hybridized carbons (Fsp3) is 0.440. The molecule has 3 atom stereocenters. The fourth-order valence-electron chi connectivity index (χ4n) is 4.56. The average Bonchev–Trinajstić information content (AvgIpc) is 3.10. The van der Waals surface area contributed by atoms with E-state index < -0.39 is 29.0 Å². The largest absolute Gasteiger partial charge is 0.363 e. The summed E-state index contributed by atoms with van der Waals surface area (Å²) in [4.78, 5) is 45.4. The Hall–Kier alpha value is -3.06. The molecule has 2 aromatic rings. The standard InChI is InChI=1S/C25H29N3O4/c1-5-15-32-21-20(29)25(21)13-8-14-28(25)23(31)19(24(2,3)4)27-22(30)18-12-11-16-9-6-7-10-17(16)26-18/h5-7,9-12,19,21H,1,8,13-15H2,2-4H3,(H,27,30)/t19?,21?,25-/m1/s1. The molecular formula is C25H29N3O4. The number of carbonyl (C=O) groups is 3. The third-order valence-corrected chi connectivity index (χ3v) is 6.30. The molecule has 2 aliphatic rings. The van der Waals surface area contributed by atoms with Crippen molar-refractivity contribution in [3.63, 3.8) is 0 Å². The Morgan fingerprint density at radius 1 is 1.31 bits per heavy atom. The van der Waals surface area contributed by atoms with Crippen molar-refractivity contribution in [2.45, 2.75) is 51.3 Å². The zero-order valence-corrected chi connectivity index (χ0v) is 18.8. The van der Waals surface area contributed by atoms with Crippen LogP contribution >= 0.6 is 0 Å². The van der Waals surface area contributed by atoms with Crippen molar-refractivity contribution in [2.24, 2.45) is 5.41 Å². The van der Waals surface area contributed by atoms with Gasteiger partial charge >= 0.3 is 0 Å². The molecule has 1 saturated carbocycles. The molecule has 2 heterocycles. The quantitative estimate of drug-likeness (QED) is 0.705. The summed E-state index contributed by atoms with van der Waals surface area (Å²) in [5, 5.41) is 3.83. The van der Waals surface area contributed by atoms with E-state index in [0.29, 0.717) is 18.5 Å². The number of likely N-dealkylation sites (tertiary alicyclic amines) is 1. The van der Waals surface area contributed by atoms with Gasteiger partial charge < -0.3 is 15.0 Å². The summed E-state index contributed by atoms with van der Waals surface area (Å²) in [7, 11) is 0. The molecule has 1 aliphatic carbocycles. The Balaban J connectivity index is 1.57. The molecular weight excluding hydrogens is 406 g/mol. The van der Waals surface area contributed by atoms with E-state index >= 15 is 0 Å². The number of benzene rings is 1. The van der Waals surface area contributed by atoms with Gasteiger partial charge in [-0.15, -0.1) is 6.58 Å². The van der Waals surface area contributed by atoms with Gasteiger partial charge in [0.05, 0.1) is 12.1 Å². The Morgan fingerprint density at radius 3 is 2.78 bits per heavy atom. The van der Waals surface area contributed by atoms with Crippen molar-refractivity contribution in [2.75, 3.05) is 13.2 Å². The van der Waals surface area contributed by atoms with Crippen LogP contribution in [0.3, 0.4) is 0 Å². The highest BCUT2D eigenvalue weighted by Gasteiger charge is 2.72. The lowest BCUT2D eigenvalue weighted by atomic mass is 9.85. The van der Waals surface area contributed by atoms with Crippen LogP contribution in [-0.2, 0) is 14.3 Å². The number of carbonyl (C=O) groups excluding carboxylic acids is 3. The van der Waals surface area contributed by atoms with E-state index in [0.717, 1.165) is 11.8 Å².